The monoisotopic (exact) mass is 502 g/mol. The van der Waals surface area contributed by atoms with Gasteiger partial charge in [0.25, 0.3) is 5.91 Å². The summed E-state index contributed by atoms with van der Waals surface area (Å²) in [6.45, 7) is 2.36. The number of ether oxygens (including phenoxy) is 1. The van der Waals surface area contributed by atoms with Crippen LogP contribution < -0.4 is 15.4 Å². The molecule has 1 aliphatic rings. The number of benzene rings is 1. The molecule has 0 spiro atoms. The van der Waals surface area contributed by atoms with Gasteiger partial charge in [-0.3, -0.25) is 9.78 Å². The van der Waals surface area contributed by atoms with Crippen LogP contribution in [-0.2, 0) is 0 Å². The molecule has 2 aromatic heterocycles. The summed E-state index contributed by atoms with van der Waals surface area (Å²) in [5.74, 6) is -0.196. The molecular weight excluding hydrogens is 478 g/mol. The Hall–Kier alpha value is -3.37. The van der Waals surface area contributed by atoms with E-state index in [-0.39, 0.29) is 23.1 Å². The van der Waals surface area contributed by atoms with Crippen molar-refractivity contribution in [2.45, 2.75) is 19.0 Å². The van der Waals surface area contributed by atoms with Crippen molar-refractivity contribution in [3.05, 3.63) is 59.3 Å². The van der Waals surface area contributed by atoms with Crippen LogP contribution in [0.5, 0.6) is 5.75 Å². The van der Waals surface area contributed by atoms with Crippen molar-refractivity contribution in [1.82, 2.24) is 25.2 Å². The lowest BCUT2D eigenvalue weighted by Gasteiger charge is -2.16. The average molecular weight is 503 g/mol. The van der Waals surface area contributed by atoms with Crippen molar-refractivity contribution in [2.24, 2.45) is 0 Å². The van der Waals surface area contributed by atoms with E-state index in [1.165, 1.54) is 43.9 Å². The first kappa shape index (κ1) is 24.7. The highest BCUT2D eigenvalue weighted by molar-refractivity contribution is 6.30. The van der Waals surface area contributed by atoms with Gasteiger partial charge in [0.2, 0.25) is 0 Å². The van der Waals surface area contributed by atoms with Gasteiger partial charge in [-0.1, -0.05) is 11.6 Å². The number of nitrogens with zero attached hydrogens (tertiary/aromatic N) is 4. The van der Waals surface area contributed by atoms with Gasteiger partial charge in [0, 0.05) is 37.1 Å². The number of hydrogen-bond acceptors (Lipinski definition) is 7. The van der Waals surface area contributed by atoms with Crippen LogP contribution in [0.15, 0.2) is 42.9 Å². The average Bonchev–Trinajstić information content (AvgIpc) is 3.28. The SMILES string of the molecule is COc1cnc(-c2cc(Cl)ccc2F)nc1Nc1ccncc1C(=O)NCCCN1CC[C@@H](F)C1. The number of halogens is 3. The summed E-state index contributed by atoms with van der Waals surface area (Å²) in [6.07, 6.45) is 4.89. The van der Waals surface area contributed by atoms with E-state index in [2.05, 4.69) is 30.5 Å². The first-order valence-corrected chi connectivity index (χ1v) is 11.5. The highest BCUT2D eigenvalue weighted by Gasteiger charge is 2.21. The molecule has 3 heterocycles. The molecule has 1 aliphatic heterocycles. The van der Waals surface area contributed by atoms with Gasteiger partial charge < -0.3 is 20.3 Å². The van der Waals surface area contributed by atoms with E-state index in [4.69, 9.17) is 16.3 Å². The maximum absolute atomic E-state index is 14.4. The number of anilines is 2. The first-order valence-electron chi connectivity index (χ1n) is 11.2. The van der Waals surface area contributed by atoms with Gasteiger partial charge >= 0.3 is 0 Å². The number of pyridine rings is 1. The minimum atomic E-state index is -0.761. The summed E-state index contributed by atoms with van der Waals surface area (Å²) >= 11 is 6.01. The molecule has 0 saturated carbocycles. The molecule has 8 nitrogen and oxygen atoms in total. The molecular formula is C24H25ClF2N6O2. The molecule has 0 unspecified atom stereocenters. The van der Waals surface area contributed by atoms with Crippen LogP contribution >= 0.6 is 11.6 Å². The van der Waals surface area contributed by atoms with E-state index in [0.29, 0.717) is 48.0 Å². The summed E-state index contributed by atoms with van der Waals surface area (Å²) in [7, 11) is 1.45. The Bertz CT molecular complexity index is 1200. The van der Waals surface area contributed by atoms with E-state index in [9.17, 15) is 13.6 Å². The van der Waals surface area contributed by atoms with Crippen LogP contribution in [0.1, 0.15) is 23.2 Å². The number of rotatable bonds is 9. The normalized spacial score (nSPS) is 15.7. The quantitative estimate of drug-likeness (QED) is 0.423. The Morgan fingerprint density at radius 1 is 1.31 bits per heavy atom. The Kier molecular flexibility index (Phi) is 8.04. The third-order valence-corrected chi connectivity index (χ3v) is 5.85. The summed E-state index contributed by atoms with van der Waals surface area (Å²) in [4.78, 5) is 27.5. The molecule has 1 fully saturated rings. The lowest BCUT2D eigenvalue weighted by atomic mass is 10.2. The zero-order valence-corrected chi connectivity index (χ0v) is 19.9. The molecule has 1 aromatic carbocycles. The van der Waals surface area contributed by atoms with Crippen molar-refractivity contribution in [2.75, 3.05) is 38.6 Å². The number of aromatic nitrogens is 3. The number of alkyl halides is 1. The Morgan fingerprint density at radius 2 is 2.17 bits per heavy atom. The highest BCUT2D eigenvalue weighted by Crippen LogP contribution is 2.30. The topological polar surface area (TPSA) is 92.3 Å². The predicted molar refractivity (Wildman–Crippen MR) is 129 cm³/mol. The Balaban J connectivity index is 1.48. The number of carbonyl (C=O) groups is 1. The second-order valence-electron chi connectivity index (χ2n) is 8.08. The van der Waals surface area contributed by atoms with Crippen LogP contribution in [0.2, 0.25) is 5.02 Å². The molecule has 11 heteroatoms. The molecule has 184 valence electrons. The van der Waals surface area contributed by atoms with Crippen LogP contribution in [0.3, 0.4) is 0 Å². The number of amides is 1. The van der Waals surface area contributed by atoms with Crippen LogP contribution in [0.4, 0.5) is 20.3 Å². The Morgan fingerprint density at radius 3 is 2.94 bits per heavy atom. The van der Waals surface area contributed by atoms with Crippen molar-refractivity contribution < 1.29 is 18.3 Å². The maximum Gasteiger partial charge on any atom is 0.254 e. The van der Waals surface area contributed by atoms with Gasteiger partial charge in [-0.05, 0) is 43.7 Å². The number of methoxy groups -OCH3 is 1. The number of nitrogens with one attached hydrogen (secondary N) is 2. The van der Waals surface area contributed by atoms with Gasteiger partial charge in [0.15, 0.2) is 17.4 Å². The zero-order valence-electron chi connectivity index (χ0n) is 19.1. The van der Waals surface area contributed by atoms with Crippen LogP contribution in [-0.4, -0.2) is 65.2 Å². The highest BCUT2D eigenvalue weighted by atomic mass is 35.5. The number of hydrogen-bond donors (Lipinski definition) is 2. The molecule has 1 saturated heterocycles. The molecule has 0 radical (unpaired) electrons. The van der Waals surface area contributed by atoms with Crippen LogP contribution in [0, 0.1) is 5.82 Å². The largest absolute Gasteiger partial charge is 0.491 e. The minimum absolute atomic E-state index is 0.103. The van der Waals surface area contributed by atoms with E-state index < -0.39 is 12.0 Å². The maximum atomic E-state index is 14.4. The molecule has 0 aliphatic carbocycles. The zero-order chi connectivity index (χ0) is 24.8. The lowest BCUT2D eigenvalue weighted by molar-refractivity contribution is 0.0952. The summed E-state index contributed by atoms with van der Waals surface area (Å²) in [5.41, 5.74) is 0.869. The van der Waals surface area contributed by atoms with Crippen LogP contribution in [0.25, 0.3) is 11.4 Å². The van der Waals surface area contributed by atoms with Crippen molar-refractivity contribution in [1.29, 1.82) is 0 Å². The van der Waals surface area contributed by atoms with E-state index in [0.717, 1.165) is 13.1 Å². The number of likely N-dealkylation sites (tertiary alicyclic amines) is 1. The summed E-state index contributed by atoms with van der Waals surface area (Å²) in [5, 5.41) is 6.29. The second kappa shape index (κ2) is 11.4. The fraction of sp³-hybridized carbons (Fsp3) is 0.333. The van der Waals surface area contributed by atoms with Gasteiger partial charge in [-0.15, -0.1) is 0 Å². The fourth-order valence-electron chi connectivity index (χ4n) is 3.81. The molecule has 35 heavy (non-hydrogen) atoms. The smallest absolute Gasteiger partial charge is 0.254 e. The van der Waals surface area contributed by atoms with E-state index in [1.807, 2.05) is 0 Å². The lowest BCUT2D eigenvalue weighted by Crippen LogP contribution is -2.29. The van der Waals surface area contributed by atoms with Gasteiger partial charge in [0.05, 0.1) is 30.1 Å². The fourth-order valence-corrected chi connectivity index (χ4v) is 3.98. The molecule has 4 rings (SSSR count). The van der Waals surface area contributed by atoms with Crippen molar-refractivity contribution in [3.8, 4) is 17.1 Å². The summed E-state index contributed by atoms with van der Waals surface area (Å²) in [6, 6.07) is 5.74. The minimum Gasteiger partial charge on any atom is -0.491 e. The Labute approximate surface area is 206 Å². The molecule has 2 N–H and O–H groups in total. The van der Waals surface area contributed by atoms with Crippen molar-refractivity contribution >= 4 is 29.0 Å². The van der Waals surface area contributed by atoms with Gasteiger partial charge in [-0.2, -0.15) is 0 Å². The number of carbonyl (C=O) groups excluding carboxylic acids is 1. The van der Waals surface area contributed by atoms with Crippen molar-refractivity contribution in [3.63, 3.8) is 0 Å². The third kappa shape index (κ3) is 6.20. The van der Waals surface area contributed by atoms with E-state index >= 15 is 0 Å². The molecule has 1 amide bonds. The third-order valence-electron chi connectivity index (χ3n) is 5.61. The summed E-state index contributed by atoms with van der Waals surface area (Å²) < 4.78 is 33.0. The standard InChI is InChI=1S/C24H25ClF2N6O2/c1-35-21-13-30-22(17-11-15(25)3-4-19(17)27)32-23(21)31-20-5-8-28-12-18(20)24(34)29-7-2-9-33-10-6-16(26)14-33/h3-5,8,11-13,16H,2,6-7,9-10,14H2,1H3,(H,29,34)(H,28,30,31,32)/t16-/m1/s1. The van der Waals surface area contributed by atoms with Gasteiger partial charge in [0.1, 0.15) is 12.0 Å². The molecule has 3 aromatic rings. The van der Waals surface area contributed by atoms with E-state index in [1.54, 1.807) is 6.07 Å². The predicted octanol–water partition coefficient (Wildman–Crippen LogP) is 4.25. The second-order valence-corrected chi connectivity index (χ2v) is 8.51. The molecule has 0 bridgehead atoms. The van der Waals surface area contributed by atoms with Gasteiger partial charge in [-0.25, -0.2) is 18.7 Å². The molecule has 1 atom stereocenters. The first-order chi connectivity index (χ1) is 16.9.